The van der Waals surface area contributed by atoms with Crippen LogP contribution in [0, 0.1) is 11.3 Å². The van der Waals surface area contributed by atoms with Crippen LogP contribution in [0.3, 0.4) is 0 Å². The molecule has 1 heterocycles. The van der Waals surface area contributed by atoms with Gasteiger partial charge in [0.05, 0.1) is 0 Å². The average molecular weight is 316 g/mol. The van der Waals surface area contributed by atoms with Crippen LogP contribution in [0.25, 0.3) is 0 Å². The van der Waals surface area contributed by atoms with Crippen LogP contribution in [-0.2, 0) is 16.6 Å². The molecule has 0 aliphatic heterocycles. The van der Waals surface area contributed by atoms with Crippen LogP contribution >= 0.6 is 11.3 Å². The van der Waals surface area contributed by atoms with Crippen LogP contribution in [0.4, 0.5) is 0 Å². The maximum Gasteiger partial charge on any atom is 0.250 e. The normalized spacial score (nSPS) is 21.1. The lowest BCUT2D eigenvalue weighted by Crippen LogP contribution is -2.26. The van der Waals surface area contributed by atoms with Gasteiger partial charge in [0.25, 0.3) is 0 Å². The van der Waals surface area contributed by atoms with Gasteiger partial charge in [-0.25, -0.2) is 13.1 Å². The maximum atomic E-state index is 12.2. The number of sulfonamides is 1. The molecule has 20 heavy (non-hydrogen) atoms. The van der Waals surface area contributed by atoms with E-state index in [0.717, 1.165) is 30.8 Å². The van der Waals surface area contributed by atoms with Crippen LogP contribution in [-0.4, -0.2) is 21.5 Å². The largest absolute Gasteiger partial charge is 0.312 e. The van der Waals surface area contributed by atoms with Crippen molar-refractivity contribution in [3.63, 3.8) is 0 Å². The van der Waals surface area contributed by atoms with E-state index < -0.39 is 10.0 Å². The summed E-state index contributed by atoms with van der Waals surface area (Å²) in [6.45, 7) is 8.71. The maximum absolute atomic E-state index is 12.2. The lowest BCUT2D eigenvalue weighted by Gasteiger charge is -2.06. The Morgan fingerprint density at radius 3 is 2.70 bits per heavy atom. The Bertz CT molecular complexity index is 549. The van der Waals surface area contributed by atoms with E-state index >= 15 is 0 Å². The van der Waals surface area contributed by atoms with Crippen LogP contribution < -0.4 is 10.0 Å². The summed E-state index contributed by atoms with van der Waals surface area (Å²) in [5.74, 6) is 0.475. The van der Waals surface area contributed by atoms with Gasteiger partial charge in [-0.05, 0) is 42.9 Å². The van der Waals surface area contributed by atoms with Crippen LogP contribution in [0.2, 0.25) is 0 Å². The van der Waals surface area contributed by atoms with E-state index in [-0.39, 0.29) is 0 Å². The highest BCUT2D eigenvalue weighted by Gasteiger charge is 2.45. The number of thiophene rings is 1. The van der Waals surface area contributed by atoms with Crippen molar-refractivity contribution < 1.29 is 8.42 Å². The van der Waals surface area contributed by atoms with Crippen LogP contribution in [0.15, 0.2) is 16.3 Å². The standard InChI is InChI=1S/C14H24N2O2S2/c1-4-7-15-10-12-5-6-13(19-12)20(17,18)16-9-11-8-14(11,2)3/h5-6,11,15-16H,4,7-10H2,1-3H3. The first kappa shape index (κ1) is 15.9. The molecule has 1 atom stereocenters. The number of rotatable bonds is 8. The van der Waals surface area contributed by atoms with Gasteiger partial charge in [-0.2, -0.15) is 0 Å². The van der Waals surface area contributed by atoms with Gasteiger partial charge in [0.2, 0.25) is 10.0 Å². The third-order valence-electron chi connectivity index (χ3n) is 3.87. The predicted molar refractivity (Wildman–Crippen MR) is 83.4 cm³/mol. The third kappa shape index (κ3) is 4.04. The first-order chi connectivity index (χ1) is 9.35. The predicted octanol–water partition coefficient (Wildman–Crippen LogP) is 2.57. The van der Waals surface area contributed by atoms with Gasteiger partial charge in [0.15, 0.2) is 0 Å². The molecule has 0 aromatic carbocycles. The minimum atomic E-state index is -3.33. The molecule has 1 aliphatic rings. The molecule has 0 amide bonds. The Kier molecular flexibility index (Phi) is 4.89. The van der Waals surface area contributed by atoms with Crippen molar-refractivity contribution in [2.45, 2.75) is 44.4 Å². The van der Waals surface area contributed by atoms with Crippen molar-refractivity contribution in [3.8, 4) is 0 Å². The number of nitrogens with one attached hydrogen (secondary N) is 2. The lowest BCUT2D eigenvalue weighted by atomic mass is 10.1. The molecule has 114 valence electrons. The first-order valence-corrected chi connectivity index (χ1v) is 9.44. The molecule has 4 nitrogen and oxygen atoms in total. The summed E-state index contributed by atoms with van der Waals surface area (Å²) in [7, 11) is -3.33. The van der Waals surface area contributed by atoms with Crippen molar-refractivity contribution in [3.05, 3.63) is 17.0 Å². The minimum absolute atomic E-state index is 0.299. The van der Waals surface area contributed by atoms with E-state index in [1.807, 2.05) is 6.07 Å². The fraction of sp³-hybridized carbons (Fsp3) is 0.714. The van der Waals surface area contributed by atoms with Gasteiger partial charge in [-0.1, -0.05) is 20.8 Å². The van der Waals surface area contributed by atoms with Gasteiger partial charge >= 0.3 is 0 Å². The molecular weight excluding hydrogens is 292 g/mol. The van der Waals surface area contributed by atoms with Crippen molar-refractivity contribution >= 4 is 21.4 Å². The molecule has 0 saturated heterocycles. The Hall–Kier alpha value is -0.430. The fourth-order valence-electron chi connectivity index (χ4n) is 2.19. The molecule has 0 spiro atoms. The summed E-state index contributed by atoms with van der Waals surface area (Å²) in [5, 5.41) is 3.28. The molecule has 1 unspecified atom stereocenters. The average Bonchev–Trinajstić information content (AvgIpc) is 2.77. The van der Waals surface area contributed by atoms with Crippen molar-refractivity contribution in [1.29, 1.82) is 0 Å². The summed E-state index contributed by atoms with van der Waals surface area (Å²) in [6.07, 6.45) is 2.18. The zero-order valence-corrected chi connectivity index (χ0v) is 14.0. The molecule has 2 rings (SSSR count). The molecule has 1 aromatic heterocycles. The van der Waals surface area contributed by atoms with E-state index in [9.17, 15) is 8.42 Å². The second kappa shape index (κ2) is 6.13. The van der Waals surface area contributed by atoms with E-state index in [4.69, 9.17) is 0 Å². The highest BCUT2D eigenvalue weighted by molar-refractivity contribution is 7.91. The smallest absolute Gasteiger partial charge is 0.250 e. The zero-order valence-electron chi connectivity index (χ0n) is 12.4. The molecule has 6 heteroatoms. The Labute approximate surface area is 126 Å². The Morgan fingerprint density at radius 1 is 1.40 bits per heavy atom. The Balaban J connectivity index is 1.89. The third-order valence-corrected chi connectivity index (χ3v) is 6.87. The topological polar surface area (TPSA) is 58.2 Å². The highest BCUT2D eigenvalue weighted by atomic mass is 32.2. The van der Waals surface area contributed by atoms with Crippen LogP contribution in [0.5, 0.6) is 0 Å². The monoisotopic (exact) mass is 316 g/mol. The molecule has 0 bridgehead atoms. The number of hydrogen-bond acceptors (Lipinski definition) is 4. The summed E-state index contributed by atoms with van der Waals surface area (Å²) in [6, 6.07) is 3.59. The van der Waals surface area contributed by atoms with Crippen molar-refractivity contribution in [2.75, 3.05) is 13.1 Å². The van der Waals surface area contributed by atoms with E-state index in [2.05, 4.69) is 30.8 Å². The fourth-order valence-corrected chi connectivity index (χ4v) is 4.64. The van der Waals surface area contributed by atoms with Gasteiger partial charge in [0.1, 0.15) is 4.21 Å². The van der Waals surface area contributed by atoms with Crippen LogP contribution in [0.1, 0.15) is 38.5 Å². The second-order valence-corrected chi connectivity index (χ2v) is 9.30. The quantitative estimate of drug-likeness (QED) is 0.725. The Morgan fingerprint density at radius 2 is 2.10 bits per heavy atom. The molecule has 2 N–H and O–H groups in total. The number of hydrogen-bond donors (Lipinski definition) is 2. The summed E-state index contributed by atoms with van der Waals surface area (Å²) < 4.78 is 27.6. The van der Waals surface area contributed by atoms with E-state index in [1.165, 1.54) is 11.3 Å². The van der Waals surface area contributed by atoms with Crippen molar-refractivity contribution in [2.24, 2.45) is 11.3 Å². The lowest BCUT2D eigenvalue weighted by molar-refractivity contribution is 0.538. The highest BCUT2D eigenvalue weighted by Crippen LogP contribution is 2.51. The van der Waals surface area contributed by atoms with Gasteiger partial charge < -0.3 is 5.32 Å². The molecular formula is C14H24N2O2S2. The molecule has 0 radical (unpaired) electrons. The molecule has 1 aromatic rings. The van der Waals surface area contributed by atoms with Gasteiger partial charge in [0, 0.05) is 18.0 Å². The zero-order chi connectivity index (χ0) is 14.8. The summed E-state index contributed by atoms with van der Waals surface area (Å²) in [5.41, 5.74) is 0.299. The summed E-state index contributed by atoms with van der Waals surface area (Å²) in [4.78, 5) is 1.06. The minimum Gasteiger partial charge on any atom is -0.312 e. The second-order valence-electron chi connectivity index (χ2n) is 6.14. The molecule has 1 fully saturated rings. The molecule has 1 aliphatic carbocycles. The van der Waals surface area contributed by atoms with Gasteiger partial charge in [-0.3, -0.25) is 0 Å². The van der Waals surface area contributed by atoms with E-state index in [0.29, 0.717) is 22.1 Å². The van der Waals surface area contributed by atoms with Gasteiger partial charge in [-0.15, -0.1) is 11.3 Å². The van der Waals surface area contributed by atoms with Crippen molar-refractivity contribution in [1.82, 2.24) is 10.0 Å². The molecule has 1 saturated carbocycles. The van der Waals surface area contributed by atoms with E-state index in [1.54, 1.807) is 6.07 Å². The first-order valence-electron chi connectivity index (χ1n) is 7.14. The SMILES string of the molecule is CCCNCc1ccc(S(=O)(=O)NCC2CC2(C)C)s1. The summed E-state index contributed by atoms with van der Waals surface area (Å²) >= 11 is 1.35.